The molecule has 0 bridgehead atoms. The number of rotatable bonds is 2. The molecule has 0 fully saturated rings. The normalized spacial score (nSPS) is 9.73. The minimum Gasteiger partial charge on any atom is -0.369 e. The van der Waals surface area contributed by atoms with Crippen LogP contribution in [0.5, 0.6) is 0 Å². The van der Waals surface area contributed by atoms with Crippen LogP contribution in [0.1, 0.15) is 5.56 Å². The second kappa shape index (κ2) is 6.50. The van der Waals surface area contributed by atoms with Gasteiger partial charge in [0.25, 0.3) is 0 Å². The van der Waals surface area contributed by atoms with Crippen molar-refractivity contribution in [3.05, 3.63) is 33.8 Å². The molecule has 1 rings (SSSR count). The Bertz CT molecular complexity index is 365. The fourth-order valence-electron chi connectivity index (χ4n) is 0.787. The molecule has 0 saturated heterocycles. The van der Waals surface area contributed by atoms with Crippen molar-refractivity contribution in [3.63, 3.8) is 0 Å². The zero-order chi connectivity index (χ0) is 10.6. The molecular weight excluding hydrogens is 258 g/mol. The molecule has 0 aliphatic rings. The molecule has 0 radical (unpaired) electrons. The first-order valence-corrected chi connectivity index (χ1v) is 4.43. The third kappa shape index (κ3) is 4.38. The van der Waals surface area contributed by atoms with E-state index < -0.39 is 0 Å². The molecule has 0 spiro atoms. The summed E-state index contributed by atoms with van der Waals surface area (Å²) in [6, 6.07) is 5.14. The summed E-state index contributed by atoms with van der Waals surface area (Å²) in [5.41, 5.74) is 10.7. The predicted molar refractivity (Wildman–Crippen MR) is 67.1 cm³/mol. The molecule has 7 heteroatoms. The molecule has 0 atom stereocenters. The molecule has 0 aromatic heterocycles. The average Bonchev–Trinajstić information content (AvgIpc) is 2.09. The number of benzene rings is 1. The van der Waals surface area contributed by atoms with Crippen molar-refractivity contribution in [2.75, 3.05) is 0 Å². The number of hydrogen-bond acceptors (Lipinski definition) is 2. The number of hydrogen-bond donors (Lipinski definition) is 2. The SMILES string of the molecule is Cl.NC(N)=N/N=C\c1c(Cl)cccc1Cl. The van der Waals surface area contributed by atoms with Gasteiger partial charge in [-0.15, -0.1) is 17.5 Å². The number of nitrogens with two attached hydrogens (primary N) is 2. The van der Waals surface area contributed by atoms with Gasteiger partial charge in [0.2, 0.25) is 5.96 Å². The molecule has 0 aliphatic heterocycles. The van der Waals surface area contributed by atoms with E-state index in [0.29, 0.717) is 15.6 Å². The lowest BCUT2D eigenvalue weighted by atomic mass is 10.2. The number of guanidine groups is 1. The van der Waals surface area contributed by atoms with Crippen LogP contribution in [0.15, 0.2) is 28.4 Å². The van der Waals surface area contributed by atoms with Crippen LogP contribution in [0, 0.1) is 0 Å². The Balaban J connectivity index is 0.00000196. The number of nitrogens with zero attached hydrogens (tertiary/aromatic N) is 2. The Morgan fingerprint density at radius 2 is 1.73 bits per heavy atom. The highest BCUT2D eigenvalue weighted by Crippen LogP contribution is 2.22. The summed E-state index contributed by atoms with van der Waals surface area (Å²) in [4.78, 5) is 0. The molecule has 0 aliphatic carbocycles. The van der Waals surface area contributed by atoms with Crippen LogP contribution in [0.3, 0.4) is 0 Å². The van der Waals surface area contributed by atoms with Gasteiger partial charge in [0.05, 0.1) is 16.3 Å². The Morgan fingerprint density at radius 1 is 1.20 bits per heavy atom. The van der Waals surface area contributed by atoms with Gasteiger partial charge in [0.15, 0.2) is 0 Å². The maximum Gasteiger partial charge on any atom is 0.211 e. The largest absolute Gasteiger partial charge is 0.369 e. The molecule has 4 nitrogen and oxygen atoms in total. The lowest BCUT2D eigenvalue weighted by Gasteiger charge is -1.98. The van der Waals surface area contributed by atoms with Crippen LogP contribution < -0.4 is 11.5 Å². The van der Waals surface area contributed by atoms with Gasteiger partial charge in [-0.3, -0.25) is 0 Å². The van der Waals surface area contributed by atoms with E-state index in [9.17, 15) is 0 Å². The van der Waals surface area contributed by atoms with Crippen LogP contribution in [-0.2, 0) is 0 Å². The highest BCUT2D eigenvalue weighted by Gasteiger charge is 2.01. The predicted octanol–water partition coefficient (Wildman–Crippen LogP) is 2.02. The first-order chi connectivity index (χ1) is 6.61. The van der Waals surface area contributed by atoms with Crippen LogP contribution >= 0.6 is 35.6 Å². The van der Waals surface area contributed by atoms with E-state index in [1.165, 1.54) is 6.21 Å². The van der Waals surface area contributed by atoms with Crippen molar-refractivity contribution in [1.82, 2.24) is 0 Å². The summed E-state index contributed by atoms with van der Waals surface area (Å²) in [6.45, 7) is 0. The van der Waals surface area contributed by atoms with Crippen molar-refractivity contribution in [2.45, 2.75) is 0 Å². The molecule has 1 aromatic rings. The topological polar surface area (TPSA) is 76.8 Å². The second-order valence-electron chi connectivity index (χ2n) is 2.40. The van der Waals surface area contributed by atoms with Crippen molar-refractivity contribution in [3.8, 4) is 0 Å². The maximum absolute atomic E-state index is 5.86. The summed E-state index contributed by atoms with van der Waals surface area (Å²) < 4.78 is 0. The minimum absolute atomic E-state index is 0. The zero-order valence-corrected chi connectivity index (χ0v) is 9.85. The summed E-state index contributed by atoms with van der Waals surface area (Å²) in [5.74, 6) is -0.121. The van der Waals surface area contributed by atoms with Gasteiger partial charge in [-0.2, -0.15) is 5.10 Å². The van der Waals surface area contributed by atoms with Crippen molar-refractivity contribution >= 4 is 47.8 Å². The first-order valence-electron chi connectivity index (χ1n) is 3.67. The molecule has 1 aromatic carbocycles. The lowest BCUT2D eigenvalue weighted by Crippen LogP contribution is -2.21. The fourth-order valence-corrected chi connectivity index (χ4v) is 1.28. The monoisotopic (exact) mass is 266 g/mol. The van der Waals surface area contributed by atoms with E-state index in [2.05, 4.69) is 10.2 Å². The van der Waals surface area contributed by atoms with E-state index in [4.69, 9.17) is 34.7 Å². The number of halogens is 3. The standard InChI is InChI=1S/C8H8Cl2N4.ClH/c9-6-2-1-3-7(10)5(6)4-13-14-8(11)12;/h1-4H,(H4,11,12,14);1H/b13-4-;. The van der Waals surface area contributed by atoms with Gasteiger partial charge in [-0.1, -0.05) is 29.3 Å². The van der Waals surface area contributed by atoms with E-state index in [0.717, 1.165) is 0 Å². The van der Waals surface area contributed by atoms with Crippen LogP contribution in [0.4, 0.5) is 0 Å². The van der Waals surface area contributed by atoms with Gasteiger partial charge in [-0.25, -0.2) is 0 Å². The quantitative estimate of drug-likeness (QED) is 0.488. The molecule has 0 saturated carbocycles. The molecule has 0 amide bonds. The fraction of sp³-hybridized carbons (Fsp3) is 0. The Hall–Kier alpha value is -0.970. The molecule has 0 heterocycles. The van der Waals surface area contributed by atoms with Gasteiger partial charge in [0, 0.05) is 5.56 Å². The highest BCUT2D eigenvalue weighted by molar-refractivity contribution is 6.38. The first kappa shape index (κ1) is 14.0. The van der Waals surface area contributed by atoms with Crippen LogP contribution in [0.2, 0.25) is 10.0 Å². The molecule has 82 valence electrons. The Labute approximate surface area is 103 Å². The summed E-state index contributed by atoms with van der Waals surface area (Å²) in [6.07, 6.45) is 1.39. The smallest absolute Gasteiger partial charge is 0.211 e. The van der Waals surface area contributed by atoms with Gasteiger partial charge < -0.3 is 11.5 Å². The maximum atomic E-state index is 5.86. The third-order valence-corrected chi connectivity index (χ3v) is 2.02. The van der Waals surface area contributed by atoms with Gasteiger partial charge in [0.1, 0.15) is 0 Å². The Morgan fingerprint density at radius 3 is 2.20 bits per heavy atom. The van der Waals surface area contributed by atoms with Gasteiger partial charge >= 0.3 is 0 Å². The van der Waals surface area contributed by atoms with Crippen molar-refractivity contribution in [2.24, 2.45) is 21.7 Å². The molecule has 0 unspecified atom stereocenters. The summed E-state index contributed by atoms with van der Waals surface area (Å²) in [5, 5.41) is 8.02. The minimum atomic E-state index is -0.121. The van der Waals surface area contributed by atoms with E-state index in [1.807, 2.05) is 0 Å². The Kier molecular flexibility index (Phi) is 6.08. The van der Waals surface area contributed by atoms with Crippen LogP contribution in [-0.4, -0.2) is 12.2 Å². The van der Waals surface area contributed by atoms with Crippen molar-refractivity contribution in [1.29, 1.82) is 0 Å². The van der Waals surface area contributed by atoms with Crippen molar-refractivity contribution < 1.29 is 0 Å². The average molecular weight is 268 g/mol. The van der Waals surface area contributed by atoms with Gasteiger partial charge in [-0.05, 0) is 12.1 Å². The van der Waals surface area contributed by atoms with E-state index in [-0.39, 0.29) is 18.4 Å². The molecule has 4 N–H and O–H groups in total. The molecule has 15 heavy (non-hydrogen) atoms. The van der Waals surface area contributed by atoms with Crippen LogP contribution in [0.25, 0.3) is 0 Å². The third-order valence-electron chi connectivity index (χ3n) is 1.36. The van der Waals surface area contributed by atoms with E-state index in [1.54, 1.807) is 18.2 Å². The summed E-state index contributed by atoms with van der Waals surface area (Å²) >= 11 is 11.7. The second-order valence-corrected chi connectivity index (χ2v) is 3.22. The van der Waals surface area contributed by atoms with E-state index >= 15 is 0 Å². The molecular formula is C8H9Cl3N4. The summed E-state index contributed by atoms with van der Waals surface area (Å²) in [7, 11) is 0. The lowest BCUT2D eigenvalue weighted by molar-refractivity contribution is 1.21. The zero-order valence-electron chi connectivity index (χ0n) is 7.52. The highest BCUT2D eigenvalue weighted by atomic mass is 35.5.